The van der Waals surface area contributed by atoms with Crippen molar-refractivity contribution in [2.24, 2.45) is 5.92 Å². The topological polar surface area (TPSA) is 39.1 Å². The first-order valence-corrected chi connectivity index (χ1v) is 7.03. The van der Waals surface area contributed by atoms with Crippen molar-refractivity contribution in [1.82, 2.24) is 15.1 Å². The van der Waals surface area contributed by atoms with E-state index < -0.39 is 0 Å². The van der Waals surface area contributed by atoms with Gasteiger partial charge in [-0.05, 0) is 39.8 Å². The van der Waals surface area contributed by atoms with Gasteiger partial charge in [-0.25, -0.2) is 0 Å². The zero-order chi connectivity index (χ0) is 13.1. The van der Waals surface area contributed by atoms with Crippen LogP contribution in [0.2, 0.25) is 0 Å². The fourth-order valence-electron chi connectivity index (χ4n) is 2.88. The second-order valence-corrected chi connectivity index (χ2v) is 5.36. The van der Waals surface area contributed by atoms with Gasteiger partial charge in [-0.15, -0.1) is 0 Å². The molecule has 0 aromatic carbocycles. The van der Waals surface area contributed by atoms with Gasteiger partial charge in [0.1, 0.15) is 0 Å². The number of nitrogens with zero attached hydrogens (tertiary/aromatic N) is 2. The monoisotopic (exact) mass is 251 g/mol. The lowest BCUT2D eigenvalue weighted by molar-refractivity contribution is 0.0943. The molecule has 1 saturated heterocycles. The zero-order valence-corrected chi connectivity index (χ0v) is 11.9. The normalized spacial score (nSPS) is 25.8. The summed E-state index contributed by atoms with van der Waals surface area (Å²) in [6.07, 6.45) is 3.35. The predicted octanol–water partition coefficient (Wildman–Crippen LogP) is 2.54. The molecule has 0 aliphatic carbocycles. The minimum Gasteiger partial charge on any atom is -0.378 e. The highest BCUT2D eigenvalue weighted by Gasteiger charge is 2.34. The molecule has 3 unspecified atom stereocenters. The van der Waals surface area contributed by atoms with Crippen molar-refractivity contribution in [3.8, 4) is 0 Å². The Morgan fingerprint density at radius 3 is 2.89 bits per heavy atom. The summed E-state index contributed by atoms with van der Waals surface area (Å²) in [4.78, 5) is 0. The Labute approximate surface area is 110 Å². The number of rotatable bonds is 5. The van der Waals surface area contributed by atoms with Crippen LogP contribution >= 0.6 is 0 Å². The summed E-state index contributed by atoms with van der Waals surface area (Å²) in [5.41, 5.74) is 1.29. The van der Waals surface area contributed by atoms with Gasteiger partial charge >= 0.3 is 0 Å². The van der Waals surface area contributed by atoms with Gasteiger partial charge in [0.25, 0.3) is 0 Å². The van der Waals surface area contributed by atoms with Gasteiger partial charge in [0.15, 0.2) is 0 Å². The number of ether oxygens (including phenoxy) is 1. The molecule has 1 aromatic heterocycles. The van der Waals surface area contributed by atoms with Crippen LogP contribution in [0.5, 0.6) is 0 Å². The van der Waals surface area contributed by atoms with Crippen LogP contribution < -0.4 is 5.32 Å². The quantitative estimate of drug-likeness (QED) is 0.874. The highest BCUT2D eigenvalue weighted by molar-refractivity contribution is 5.11. The van der Waals surface area contributed by atoms with E-state index in [1.165, 1.54) is 5.69 Å². The van der Waals surface area contributed by atoms with Crippen molar-refractivity contribution in [2.75, 3.05) is 13.2 Å². The number of aromatic nitrogens is 2. The molecule has 4 heteroatoms. The molecular weight excluding hydrogens is 226 g/mol. The van der Waals surface area contributed by atoms with E-state index in [0.717, 1.165) is 19.6 Å². The average molecular weight is 251 g/mol. The van der Waals surface area contributed by atoms with Crippen molar-refractivity contribution in [3.05, 3.63) is 18.0 Å². The van der Waals surface area contributed by atoms with E-state index in [1.807, 2.05) is 6.20 Å². The Morgan fingerprint density at radius 2 is 2.33 bits per heavy atom. The Morgan fingerprint density at radius 1 is 1.56 bits per heavy atom. The van der Waals surface area contributed by atoms with E-state index in [2.05, 4.69) is 48.9 Å². The van der Waals surface area contributed by atoms with Crippen molar-refractivity contribution < 1.29 is 4.74 Å². The Bertz CT molecular complexity index is 375. The molecule has 0 spiro atoms. The summed E-state index contributed by atoms with van der Waals surface area (Å²) in [5, 5.41) is 8.06. The van der Waals surface area contributed by atoms with Gasteiger partial charge < -0.3 is 10.1 Å². The van der Waals surface area contributed by atoms with E-state index in [0.29, 0.717) is 24.1 Å². The number of hydrogen-bond donors (Lipinski definition) is 1. The zero-order valence-electron chi connectivity index (χ0n) is 11.9. The summed E-state index contributed by atoms with van der Waals surface area (Å²) in [7, 11) is 0. The summed E-state index contributed by atoms with van der Waals surface area (Å²) in [6, 6.07) is 2.88. The standard InChI is InChI=1S/C14H25N3O/c1-5-15-14(12-7-9-18-11(12)4)13-6-8-16-17(13)10(2)3/h6,8,10-12,14-15H,5,7,9H2,1-4H3. The molecule has 0 bridgehead atoms. The molecule has 18 heavy (non-hydrogen) atoms. The van der Waals surface area contributed by atoms with E-state index in [-0.39, 0.29) is 0 Å². The van der Waals surface area contributed by atoms with Crippen LogP contribution in [0.1, 0.15) is 51.9 Å². The lowest BCUT2D eigenvalue weighted by Crippen LogP contribution is -2.33. The third-order valence-electron chi connectivity index (χ3n) is 3.80. The van der Waals surface area contributed by atoms with Crippen molar-refractivity contribution >= 4 is 0 Å². The van der Waals surface area contributed by atoms with Gasteiger partial charge in [0.2, 0.25) is 0 Å². The molecule has 1 aliphatic heterocycles. The third kappa shape index (κ3) is 2.59. The molecule has 1 N–H and O–H groups in total. The second kappa shape index (κ2) is 5.85. The molecule has 0 saturated carbocycles. The molecule has 2 rings (SSSR count). The second-order valence-electron chi connectivity index (χ2n) is 5.36. The fraction of sp³-hybridized carbons (Fsp3) is 0.786. The summed E-state index contributed by atoms with van der Waals surface area (Å²) >= 11 is 0. The molecule has 1 aliphatic rings. The number of nitrogens with one attached hydrogen (secondary N) is 1. The summed E-state index contributed by atoms with van der Waals surface area (Å²) in [5.74, 6) is 0.541. The van der Waals surface area contributed by atoms with Crippen LogP contribution in [0.4, 0.5) is 0 Å². The SMILES string of the molecule is CCNC(c1ccnn1C(C)C)C1CCOC1C. The van der Waals surface area contributed by atoms with Crippen LogP contribution in [0.15, 0.2) is 12.3 Å². The smallest absolute Gasteiger partial charge is 0.0594 e. The van der Waals surface area contributed by atoms with Crippen LogP contribution in [-0.2, 0) is 4.74 Å². The van der Waals surface area contributed by atoms with Gasteiger partial charge in [-0.2, -0.15) is 5.10 Å². The van der Waals surface area contributed by atoms with E-state index in [9.17, 15) is 0 Å². The van der Waals surface area contributed by atoms with Crippen molar-refractivity contribution in [2.45, 2.75) is 52.3 Å². The molecule has 4 nitrogen and oxygen atoms in total. The molecule has 1 aromatic rings. The average Bonchev–Trinajstić information content (AvgIpc) is 2.94. The first-order valence-electron chi connectivity index (χ1n) is 7.03. The minimum absolute atomic E-state index is 0.324. The van der Waals surface area contributed by atoms with Gasteiger partial charge in [-0.3, -0.25) is 4.68 Å². The first-order chi connectivity index (χ1) is 8.65. The first kappa shape index (κ1) is 13.6. The van der Waals surface area contributed by atoms with Crippen LogP contribution in [0.25, 0.3) is 0 Å². The molecule has 2 heterocycles. The lowest BCUT2D eigenvalue weighted by Gasteiger charge is -2.28. The van der Waals surface area contributed by atoms with Crippen LogP contribution in [0.3, 0.4) is 0 Å². The molecular formula is C14H25N3O. The Balaban J connectivity index is 2.26. The summed E-state index contributed by atoms with van der Waals surface area (Å²) in [6.45, 7) is 10.5. The molecule has 102 valence electrons. The molecule has 0 radical (unpaired) electrons. The van der Waals surface area contributed by atoms with E-state index >= 15 is 0 Å². The maximum Gasteiger partial charge on any atom is 0.0594 e. The highest BCUT2D eigenvalue weighted by atomic mass is 16.5. The van der Waals surface area contributed by atoms with E-state index in [4.69, 9.17) is 4.74 Å². The Kier molecular flexibility index (Phi) is 4.40. The highest BCUT2D eigenvalue weighted by Crippen LogP contribution is 2.33. The predicted molar refractivity (Wildman–Crippen MR) is 72.6 cm³/mol. The molecule has 3 atom stereocenters. The van der Waals surface area contributed by atoms with Gasteiger partial charge in [0, 0.05) is 24.8 Å². The van der Waals surface area contributed by atoms with Gasteiger partial charge in [0.05, 0.1) is 17.8 Å². The van der Waals surface area contributed by atoms with Crippen molar-refractivity contribution in [1.29, 1.82) is 0 Å². The molecule has 1 fully saturated rings. The summed E-state index contributed by atoms with van der Waals surface area (Å²) < 4.78 is 7.84. The van der Waals surface area contributed by atoms with Crippen molar-refractivity contribution in [3.63, 3.8) is 0 Å². The Hall–Kier alpha value is -0.870. The number of hydrogen-bond acceptors (Lipinski definition) is 3. The van der Waals surface area contributed by atoms with Gasteiger partial charge in [-0.1, -0.05) is 6.92 Å². The van der Waals surface area contributed by atoms with E-state index in [1.54, 1.807) is 0 Å². The minimum atomic E-state index is 0.324. The fourth-order valence-corrected chi connectivity index (χ4v) is 2.88. The van der Waals surface area contributed by atoms with Crippen LogP contribution in [0, 0.1) is 5.92 Å². The lowest BCUT2D eigenvalue weighted by atomic mass is 9.91. The molecule has 0 amide bonds. The maximum atomic E-state index is 5.72. The largest absolute Gasteiger partial charge is 0.378 e. The third-order valence-corrected chi connectivity index (χ3v) is 3.80. The maximum absolute atomic E-state index is 5.72. The van der Waals surface area contributed by atoms with Crippen LogP contribution in [-0.4, -0.2) is 29.0 Å².